The van der Waals surface area contributed by atoms with Gasteiger partial charge in [-0.2, -0.15) is 5.10 Å². The molecule has 2 N–H and O–H groups in total. The van der Waals surface area contributed by atoms with Crippen LogP contribution in [0.5, 0.6) is 0 Å². The molecule has 1 aliphatic heterocycles. The predicted octanol–water partition coefficient (Wildman–Crippen LogP) is 1.22. The molecule has 0 spiro atoms. The molecule has 0 saturated carbocycles. The number of pyridine rings is 1. The van der Waals surface area contributed by atoms with Crippen LogP contribution in [-0.4, -0.2) is 48.3 Å². The van der Waals surface area contributed by atoms with Gasteiger partial charge in [0.2, 0.25) is 5.91 Å². The van der Waals surface area contributed by atoms with E-state index in [-0.39, 0.29) is 18.4 Å². The number of likely N-dealkylation sites (tertiary alicyclic amines) is 1. The summed E-state index contributed by atoms with van der Waals surface area (Å²) in [5, 5.41) is 12.8. The van der Waals surface area contributed by atoms with Gasteiger partial charge in [-0.25, -0.2) is 4.68 Å². The lowest BCUT2D eigenvalue weighted by atomic mass is 9.97. The lowest BCUT2D eigenvalue weighted by Gasteiger charge is -2.32. The first kappa shape index (κ1) is 15.6. The molecular weight excluding hydrogens is 318 g/mol. The Bertz CT molecular complexity index is 913. The Morgan fingerprint density at radius 2 is 2.24 bits per heavy atom. The lowest BCUT2D eigenvalue weighted by molar-refractivity contribution is -0.133. The summed E-state index contributed by atoms with van der Waals surface area (Å²) in [6, 6.07) is 7.62. The van der Waals surface area contributed by atoms with Crippen LogP contribution >= 0.6 is 0 Å². The highest BCUT2D eigenvalue weighted by molar-refractivity contribution is 5.76. The van der Waals surface area contributed by atoms with E-state index in [2.05, 4.69) is 15.3 Å². The molecule has 1 aliphatic rings. The van der Waals surface area contributed by atoms with Crippen molar-refractivity contribution in [3.05, 3.63) is 42.0 Å². The van der Waals surface area contributed by atoms with Gasteiger partial charge < -0.3 is 10.6 Å². The maximum atomic E-state index is 12.7. The fraction of sp³-hybridized carbons (Fsp3) is 0.412. The fourth-order valence-electron chi connectivity index (χ4n) is 3.47. The minimum Gasteiger partial charge on any atom is -0.384 e. The number of nitrogen functional groups attached to an aromatic ring is 1. The number of nitrogens with zero attached hydrogens (tertiary/aromatic N) is 6. The highest BCUT2D eigenvalue weighted by Crippen LogP contribution is 2.26. The largest absolute Gasteiger partial charge is 0.384 e. The number of aryl methyl sites for hydroxylation is 1. The summed E-state index contributed by atoms with van der Waals surface area (Å²) in [5.41, 5.74) is 7.54. The minimum absolute atomic E-state index is 0.0355. The topological polar surface area (TPSA) is 94.3 Å². The number of anilines is 1. The van der Waals surface area contributed by atoms with Gasteiger partial charge >= 0.3 is 0 Å². The molecule has 0 bridgehead atoms. The second-order valence-electron chi connectivity index (χ2n) is 6.53. The average Bonchev–Trinajstić information content (AvgIpc) is 3.18. The number of carbonyl (C=O) groups is 1. The van der Waals surface area contributed by atoms with Crippen molar-refractivity contribution in [1.29, 1.82) is 0 Å². The summed E-state index contributed by atoms with van der Waals surface area (Å²) in [5.74, 6) is 1.66. The quantitative estimate of drug-likeness (QED) is 0.774. The molecule has 3 aromatic heterocycles. The molecule has 1 atom stereocenters. The van der Waals surface area contributed by atoms with Gasteiger partial charge in [0.05, 0.1) is 5.69 Å². The molecule has 8 heteroatoms. The van der Waals surface area contributed by atoms with Crippen molar-refractivity contribution in [2.45, 2.75) is 32.2 Å². The van der Waals surface area contributed by atoms with Crippen molar-refractivity contribution in [3.63, 3.8) is 0 Å². The van der Waals surface area contributed by atoms with Crippen molar-refractivity contribution in [2.75, 3.05) is 18.8 Å². The van der Waals surface area contributed by atoms with E-state index in [0.29, 0.717) is 12.4 Å². The van der Waals surface area contributed by atoms with E-state index < -0.39 is 0 Å². The van der Waals surface area contributed by atoms with Crippen molar-refractivity contribution in [2.24, 2.45) is 0 Å². The van der Waals surface area contributed by atoms with Crippen LogP contribution in [0.15, 0.2) is 30.5 Å². The summed E-state index contributed by atoms with van der Waals surface area (Å²) in [4.78, 5) is 14.6. The van der Waals surface area contributed by atoms with Crippen LogP contribution in [-0.2, 0) is 11.3 Å². The molecule has 4 heterocycles. The normalized spacial score (nSPS) is 18.0. The van der Waals surface area contributed by atoms with Crippen LogP contribution in [0.1, 0.15) is 30.3 Å². The third-order valence-electron chi connectivity index (χ3n) is 4.70. The summed E-state index contributed by atoms with van der Waals surface area (Å²) in [6.07, 6.45) is 3.92. The van der Waals surface area contributed by atoms with Gasteiger partial charge in [0.1, 0.15) is 18.2 Å². The Balaban J connectivity index is 1.51. The van der Waals surface area contributed by atoms with Crippen LogP contribution in [0.4, 0.5) is 5.82 Å². The van der Waals surface area contributed by atoms with E-state index in [0.717, 1.165) is 36.6 Å². The van der Waals surface area contributed by atoms with Crippen LogP contribution < -0.4 is 5.73 Å². The Morgan fingerprint density at radius 3 is 3.04 bits per heavy atom. The van der Waals surface area contributed by atoms with Gasteiger partial charge in [0.25, 0.3) is 0 Å². The third kappa shape index (κ3) is 2.95. The zero-order chi connectivity index (χ0) is 17.4. The van der Waals surface area contributed by atoms with Crippen molar-refractivity contribution < 1.29 is 4.79 Å². The number of piperidine rings is 1. The molecular formula is C17H21N7O. The molecule has 130 valence electrons. The molecule has 3 aromatic rings. The average molecular weight is 339 g/mol. The zero-order valence-electron chi connectivity index (χ0n) is 14.2. The fourth-order valence-corrected chi connectivity index (χ4v) is 3.47. The molecule has 1 unspecified atom stereocenters. The summed E-state index contributed by atoms with van der Waals surface area (Å²) in [6.45, 7) is 3.44. The van der Waals surface area contributed by atoms with E-state index in [1.165, 1.54) is 0 Å². The summed E-state index contributed by atoms with van der Waals surface area (Å²) >= 11 is 0. The summed E-state index contributed by atoms with van der Waals surface area (Å²) < 4.78 is 3.57. The molecule has 1 amide bonds. The number of hydrogen-bond donors (Lipinski definition) is 1. The molecule has 4 rings (SSSR count). The van der Waals surface area contributed by atoms with Gasteiger partial charge in [0, 0.05) is 31.3 Å². The predicted molar refractivity (Wildman–Crippen MR) is 92.9 cm³/mol. The Hall–Kier alpha value is -2.90. The van der Waals surface area contributed by atoms with Crippen molar-refractivity contribution in [3.8, 4) is 0 Å². The first-order valence-corrected chi connectivity index (χ1v) is 8.49. The van der Waals surface area contributed by atoms with Crippen LogP contribution in [0.2, 0.25) is 0 Å². The second kappa shape index (κ2) is 6.19. The smallest absolute Gasteiger partial charge is 0.244 e. The highest BCUT2D eigenvalue weighted by Gasteiger charge is 2.28. The molecule has 25 heavy (non-hydrogen) atoms. The van der Waals surface area contributed by atoms with Crippen LogP contribution in [0.25, 0.3) is 5.65 Å². The number of aromatic nitrogens is 5. The van der Waals surface area contributed by atoms with Gasteiger partial charge in [-0.15, -0.1) is 10.2 Å². The standard InChI is InChI=1S/C17H21N7O/c1-12-9-14(18)24(21-12)11-16(25)22-7-4-5-13(10-22)17-20-19-15-6-2-3-8-23(15)17/h2-3,6,8-9,13H,4-5,7,10-11,18H2,1H3. The third-order valence-corrected chi connectivity index (χ3v) is 4.70. The van der Waals surface area contributed by atoms with Gasteiger partial charge in [-0.05, 0) is 31.9 Å². The molecule has 0 aliphatic carbocycles. The molecule has 0 radical (unpaired) electrons. The Kier molecular flexibility index (Phi) is 3.87. The number of amides is 1. The highest BCUT2D eigenvalue weighted by atomic mass is 16.2. The summed E-state index contributed by atoms with van der Waals surface area (Å²) in [7, 11) is 0. The van der Waals surface area contributed by atoms with Gasteiger partial charge in [-0.3, -0.25) is 9.20 Å². The number of rotatable bonds is 3. The first-order chi connectivity index (χ1) is 12.1. The van der Waals surface area contributed by atoms with Crippen molar-refractivity contribution >= 4 is 17.4 Å². The SMILES string of the molecule is Cc1cc(N)n(CC(=O)N2CCCC(c3nnc4ccccn34)C2)n1. The minimum atomic E-state index is 0.0355. The van der Waals surface area contributed by atoms with Gasteiger partial charge in [-0.1, -0.05) is 6.07 Å². The zero-order valence-corrected chi connectivity index (χ0v) is 14.2. The Morgan fingerprint density at radius 1 is 1.36 bits per heavy atom. The first-order valence-electron chi connectivity index (χ1n) is 8.49. The van der Waals surface area contributed by atoms with E-state index in [4.69, 9.17) is 5.73 Å². The molecule has 1 fully saturated rings. The Labute approximate surface area is 145 Å². The monoisotopic (exact) mass is 339 g/mol. The molecule has 0 aromatic carbocycles. The molecule has 1 saturated heterocycles. The number of nitrogens with two attached hydrogens (primary N) is 1. The second-order valence-corrected chi connectivity index (χ2v) is 6.53. The van der Waals surface area contributed by atoms with Crippen molar-refractivity contribution in [1.82, 2.24) is 29.3 Å². The van der Waals surface area contributed by atoms with Gasteiger partial charge in [0.15, 0.2) is 5.65 Å². The maximum Gasteiger partial charge on any atom is 0.244 e. The number of hydrogen-bond acceptors (Lipinski definition) is 5. The van der Waals surface area contributed by atoms with E-state index in [1.54, 1.807) is 10.7 Å². The van der Waals surface area contributed by atoms with E-state index in [1.807, 2.05) is 40.6 Å². The maximum absolute atomic E-state index is 12.7. The van der Waals surface area contributed by atoms with E-state index >= 15 is 0 Å². The number of fused-ring (bicyclic) bond motifs is 1. The van der Waals surface area contributed by atoms with Crippen LogP contribution in [0, 0.1) is 6.92 Å². The molecule has 8 nitrogen and oxygen atoms in total. The number of carbonyl (C=O) groups excluding carboxylic acids is 1. The van der Waals surface area contributed by atoms with Crippen LogP contribution in [0.3, 0.4) is 0 Å². The lowest BCUT2D eigenvalue weighted by Crippen LogP contribution is -2.41. The van der Waals surface area contributed by atoms with E-state index in [9.17, 15) is 4.79 Å².